The lowest BCUT2D eigenvalue weighted by molar-refractivity contribution is 0.810. The van der Waals surface area contributed by atoms with Gasteiger partial charge in [-0.2, -0.15) is 11.8 Å². The highest BCUT2D eigenvalue weighted by Crippen LogP contribution is 2.23. The van der Waals surface area contributed by atoms with Gasteiger partial charge in [-0.3, -0.25) is 0 Å². The molecule has 1 atom stereocenters. The van der Waals surface area contributed by atoms with Crippen LogP contribution < -0.4 is 5.32 Å². The molecule has 0 spiro atoms. The summed E-state index contributed by atoms with van der Waals surface area (Å²) in [7, 11) is 0. The molecule has 0 amide bonds. The molecular formula is C13H19NS. The highest BCUT2D eigenvalue weighted by molar-refractivity contribution is 7.99. The van der Waals surface area contributed by atoms with Gasteiger partial charge in [0.25, 0.3) is 0 Å². The SMILES string of the molecule is CC(C)c1cccc(N[C@@H]2CCSC2)c1. The Hall–Kier alpha value is -0.630. The molecule has 1 aliphatic rings. The van der Waals surface area contributed by atoms with Gasteiger partial charge in [-0.15, -0.1) is 0 Å². The minimum Gasteiger partial charge on any atom is -0.381 e. The first kappa shape index (κ1) is 10.9. The van der Waals surface area contributed by atoms with Gasteiger partial charge in [-0.1, -0.05) is 26.0 Å². The summed E-state index contributed by atoms with van der Waals surface area (Å²) < 4.78 is 0. The molecule has 15 heavy (non-hydrogen) atoms. The zero-order chi connectivity index (χ0) is 10.7. The van der Waals surface area contributed by atoms with Crippen molar-refractivity contribution in [3.63, 3.8) is 0 Å². The maximum Gasteiger partial charge on any atom is 0.0359 e. The summed E-state index contributed by atoms with van der Waals surface area (Å²) in [4.78, 5) is 0. The molecule has 0 aromatic heterocycles. The largest absolute Gasteiger partial charge is 0.381 e. The molecule has 0 bridgehead atoms. The minimum atomic E-state index is 0.615. The highest BCUT2D eigenvalue weighted by atomic mass is 32.2. The summed E-state index contributed by atoms with van der Waals surface area (Å²) in [6, 6.07) is 9.50. The normalized spacial score (nSPS) is 20.9. The molecule has 82 valence electrons. The standard InChI is InChI=1S/C13H19NS/c1-10(2)11-4-3-5-12(8-11)14-13-6-7-15-9-13/h3-5,8,10,13-14H,6-7,9H2,1-2H3/t13-/m1/s1. The molecule has 1 heterocycles. The molecule has 0 aliphatic carbocycles. The maximum atomic E-state index is 3.62. The first-order valence-electron chi connectivity index (χ1n) is 5.70. The molecule has 0 radical (unpaired) electrons. The zero-order valence-corrected chi connectivity index (χ0v) is 10.3. The Labute approximate surface area is 96.7 Å². The summed E-state index contributed by atoms with van der Waals surface area (Å²) in [5.74, 6) is 3.18. The van der Waals surface area contributed by atoms with Gasteiger partial charge < -0.3 is 5.32 Å². The summed E-state index contributed by atoms with van der Waals surface area (Å²) in [5, 5.41) is 3.62. The van der Waals surface area contributed by atoms with Crippen molar-refractivity contribution in [2.24, 2.45) is 0 Å². The van der Waals surface area contributed by atoms with E-state index in [2.05, 4.69) is 43.4 Å². The van der Waals surface area contributed by atoms with Crippen molar-refractivity contribution in [2.45, 2.75) is 32.2 Å². The van der Waals surface area contributed by atoms with E-state index < -0.39 is 0 Å². The summed E-state index contributed by atoms with van der Waals surface area (Å²) in [6.07, 6.45) is 1.30. The highest BCUT2D eigenvalue weighted by Gasteiger charge is 2.14. The molecule has 1 nitrogen and oxygen atoms in total. The third-order valence-electron chi connectivity index (χ3n) is 2.85. The predicted octanol–water partition coefficient (Wildman–Crippen LogP) is 3.73. The Kier molecular flexibility index (Phi) is 3.57. The lowest BCUT2D eigenvalue weighted by atomic mass is 10.0. The zero-order valence-electron chi connectivity index (χ0n) is 9.49. The van der Waals surface area contributed by atoms with Gasteiger partial charge in [-0.25, -0.2) is 0 Å². The summed E-state index contributed by atoms with van der Waals surface area (Å²) >= 11 is 2.05. The van der Waals surface area contributed by atoms with E-state index in [0.717, 1.165) is 0 Å². The quantitative estimate of drug-likeness (QED) is 0.834. The lowest BCUT2D eigenvalue weighted by Gasteiger charge is -2.14. The van der Waals surface area contributed by atoms with Crippen LogP contribution in [0.5, 0.6) is 0 Å². The first-order valence-corrected chi connectivity index (χ1v) is 6.85. The van der Waals surface area contributed by atoms with Crippen LogP contribution in [-0.2, 0) is 0 Å². The molecule has 1 fully saturated rings. The van der Waals surface area contributed by atoms with Crippen molar-refractivity contribution in [3.05, 3.63) is 29.8 Å². The Morgan fingerprint density at radius 3 is 2.93 bits per heavy atom. The van der Waals surface area contributed by atoms with E-state index >= 15 is 0 Å². The van der Waals surface area contributed by atoms with Crippen LogP contribution in [0, 0.1) is 0 Å². The van der Waals surface area contributed by atoms with Crippen molar-refractivity contribution in [1.82, 2.24) is 0 Å². The van der Waals surface area contributed by atoms with Crippen LogP contribution >= 0.6 is 11.8 Å². The van der Waals surface area contributed by atoms with Gasteiger partial charge in [0.2, 0.25) is 0 Å². The fourth-order valence-corrected chi connectivity index (χ4v) is 3.02. The van der Waals surface area contributed by atoms with E-state index in [4.69, 9.17) is 0 Å². The molecule has 1 N–H and O–H groups in total. The fourth-order valence-electron chi connectivity index (χ4n) is 1.87. The Morgan fingerprint density at radius 2 is 2.27 bits per heavy atom. The summed E-state index contributed by atoms with van der Waals surface area (Å²) in [5.41, 5.74) is 2.71. The number of anilines is 1. The van der Waals surface area contributed by atoms with E-state index in [9.17, 15) is 0 Å². The maximum absolute atomic E-state index is 3.62. The van der Waals surface area contributed by atoms with E-state index in [0.29, 0.717) is 12.0 Å². The average molecular weight is 221 g/mol. The van der Waals surface area contributed by atoms with Gasteiger partial charge >= 0.3 is 0 Å². The Balaban J connectivity index is 2.04. The van der Waals surface area contributed by atoms with Gasteiger partial charge in [0, 0.05) is 17.5 Å². The molecule has 1 aliphatic heterocycles. The van der Waals surface area contributed by atoms with Crippen molar-refractivity contribution in [3.8, 4) is 0 Å². The van der Waals surface area contributed by atoms with Gasteiger partial charge in [0.1, 0.15) is 0 Å². The average Bonchev–Trinajstić information content (AvgIpc) is 2.71. The molecule has 1 saturated heterocycles. The van der Waals surface area contributed by atoms with Gasteiger partial charge in [-0.05, 0) is 35.8 Å². The topological polar surface area (TPSA) is 12.0 Å². The molecule has 1 aromatic rings. The van der Waals surface area contributed by atoms with E-state index in [1.54, 1.807) is 0 Å². The molecule has 2 rings (SSSR count). The van der Waals surface area contributed by atoms with E-state index in [-0.39, 0.29) is 0 Å². The number of rotatable bonds is 3. The summed E-state index contributed by atoms with van der Waals surface area (Å²) in [6.45, 7) is 4.48. The van der Waals surface area contributed by atoms with Crippen molar-refractivity contribution in [2.75, 3.05) is 16.8 Å². The number of hydrogen-bond donors (Lipinski definition) is 1. The number of hydrogen-bond acceptors (Lipinski definition) is 2. The van der Waals surface area contributed by atoms with E-state index in [1.165, 1.54) is 29.2 Å². The second-order valence-electron chi connectivity index (χ2n) is 4.49. The molecule has 0 saturated carbocycles. The van der Waals surface area contributed by atoms with Crippen LogP contribution in [0.1, 0.15) is 31.7 Å². The third-order valence-corrected chi connectivity index (χ3v) is 4.02. The molecule has 1 aromatic carbocycles. The van der Waals surface area contributed by atoms with E-state index in [1.807, 2.05) is 11.8 Å². The van der Waals surface area contributed by atoms with Gasteiger partial charge in [0.05, 0.1) is 0 Å². The Morgan fingerprint density at radius 1 is 1.40 bits per heavy atom. The first-order chi connectivity index (χ1) is 7.25. The fraction of sp³-hybridized carbons (Fsp3) is 0.538. The third kappa shape index (κ3) is 2.91. The van der Waals surface area contributed by atoms with Crippen molar-refractivity contribution < 1.29 is 0 Å². The number of thioether (sulfide) groups is 1. The number of nitrogens with one attached hydrogen (secondary N) is 1. The molecule has 0 unspecified atom stereocenters. The van der Waals surface area contributed by atoms with Crippen molar-refractivity contribution >= 4 is 17.4 Å². The Bertz CT molecular complexity index is 316. The molecule has 2 heteroatoms. The van der Waals surface area contributed by atoms with Crippen LogP contribution in [-0.4, -0.2) is 17.5 Å². The van der Waals surface area contributed by atoms with Crippen LogP contribution in [0.15, 0.2) is 24.3 Å². The second kappa shape index (κ2) is 4.93. The monoisotopic (exact) mass is 221 g/mol. The molecular weight excluding hydrogens is 202 g/mol. The predicted molar refractivity (Wildman–Crippen MR) is 69.9 cm³/mol. The van der Waals surface area contributed by atoms with Crippen LogP contribution in [0.3, 0.4) is 0 Å². The smallest absolute Gasteiger partial charge is 0.0359 e. The second-order valence-corrected chi connectivity index (χ2v) is 5.63. The lowest BCUT2D eigenvalue weighted by Crippen LogP contribution is -2.18. The van der Waals surface area contributed by atoms with Crippen LogP contribution in [0.25, 0.3) is 0 Å². The van der Waals surface area contributed by atoms with Crippen LogP contribution in [0.4, 0.5) is 5.69 Å². The number of benzene rings is 1. The van der Waals surface area contributed by atoms with Crippen LogP contribution in [0.2, 0.25) is 0 Å². The van der Waals surface area contributed by atoms with Gasteiger partial charge in [0.15, 0.2) is 0 Å². The minimum absolute atomic E-state index is 0.615. The van der Waals surface area contributed by atoms with Crippen molar-refractivity contribution in [1.29, 1.82) is 0 Å².